The van der Waals surface area contributed by atoms with Crippen LogP contribution in [-0.4, -0.2) is 67.3 Å². The Morgan fingerprint density at radius 3 is 2.81 bits per heavy atom. The zero-order chi connectivity index (χ0) is 12.1. The molecule has 1 saturated heterocycles. The van der Waals surface area contributed by atoms with Crippen molar-refractivity contribution in [2.45, 2.75) is 6.42 Å². The quantitative estimate of drug-likeness (QED) is 0.680. The molecule has 0 aromatic heterocycles. The summed E-state index contributed by atoms with van der Waals surface area (Å²) in [5.41, 5.74) is 0. The lowest BCUT2D eigenvalue weighted by molar-refractivity contribution is -0.143. The van der Waals surface area contributed by atoms with Crippen molar-refractivity contribution in [2.75, 3.05) is 40.4 Å². The number of ether oxygens (including phenoxy) is 1. The van der Waals surface area contributed by atoms with Crippen molar-refractivity contribution >= 4 is 12.0 Å². The van der Waals surface area contributed by atoms with Crippen LogP contribution < -0.4 is 0 Å². The first kappa shape index (κ1) is 12.8. The van der Waals surface area contributed by atoms with Crippen LogP contribution in [0.3, 0.4) is 0 Å². The van der Waals surface area contributed by atoms with Gasteiger partial charge in [-0.1, -0.05) is 0 Å². The molecule has 0 bridgehead atoms. The summed E-state index contributed by atoms with van der Waals surface area (Å²) in [5.74, 6) is -1.35. The Kier molecular flexibility index (Phi) is 4.54. The van der Waals surface area contributed by atoms with Crippen molar-refractivity contribution in [3.8, 4) is 0 Å². The maximum absolute atomic E-state index is 11.7. The van der Waals surface area contributed by atoms with E-state index in [4.69, 9.17) is 9.84 Å². The minimum Gasteiger partial charge on any atom is -0.481 e. The third kappa shape index (κ3) is 3.10. The number of urea groups is 1. The monoisotopic (exact) mass is 230 g/mol. The molecule has 1 heterocycles. The van der Waals surface area contributed by atoms with Crippen molar-refractivity contribution in [1.29, 1.82) is 0 Å². The number of hydrogen-bond donors (Lipinski definition) is 1. The van der Waals surface area contributed by atoms with Gasteiger partial charge in [0.2, 0.25) is 0 Å². The maximum Gasteiger partial charge on any atom is 0.319 e. The lowest BCUT2D eigenvalue weighted by Crippen LogP contribution is -2.53. The lowest BCUT2D eigenvalue weighted by Gasteiger charge is -2.36. The van der Waals surface area contributed by atoms with E-state index in [-0.39, 0.29) is 12.6 Å². The number of aliphatic carboxylic acids is 1. The van der Waals surface area contributed by atoms with E-state index in [1.807, 2.05) is 0 Å². The van der Waals surface area contributed by atoms with Crippen LogP contribution in [-0.2, 0) is 9.53 Å². The van der Waals surface area contributed by atoms with E-state index in [1.54, 1.807) is 19.1 Å². The molecule has 1 fully saturated rings. The molecule has 0 aliphatic carbocycles. The normalized spacial score (nSPS) is 21.4. The molecule has 1 rings (SSSR count). The van der Waals surface area contributed by atoms with Gasteiger partial charge in [0, 0.05) is 40.4 Å². The van der Waals surface area contributed by atoms with Gasteiger partial charge in [-0.25, -0.2) is 4.79 Å². The van der Waals surface area contributed by atoms with E-state index in [2.05, 4.69) is 0 Å². The molecule has 0 aromatic rings. The predicted octanol–water partition coefficient (Wildman–Crippen LogP) is 0.0911. The molecule has 92 valence electrons. The summed E-state index contributed by atoms with van der Waals surface area (Å²) in [7, 11) is 3.23. The number of carboxylic acid groups (broad SMARTS) is 1. The number of carbonyl (C=O) groups excluding carboxylic acids is 1. The van der Waals surface area contributed by atoms with Gasteiger partial charge >= 0.3 is 12.0 Å². The van der Waals surface area contributed by atoms with Crippen LogP contribution in [0.15, 0.2) is 0 Å². The van der Waals surface area contributed by atoms with Crippen LogP contribution in [0.25, 0.3) is 0 Å². The van der Waals surface area contributed by atoms with Gasteiger partial charge < -0.3 is 19.6 Å². The standard InChI is InChI=1S/C10H18N2O4/c1-11-6-8(9(13)14)7-12(10(11)15)4-3-5-16-2/h8H,3-7H2,1-2H3,(H,13,14). The van der Waals surface area contributed by atoms with Crippen LogP contribution in [0.5, 0.6) is 0 Å². The molecule has 1 atom stereocenters. The number of carbonyl (C=O) groups is 2. The Morgan fingerprint density at radius 2 is 2.25 bits per heavy atom. The van der Waals surface area contributed by atoms with E-state index >= 15 is 0 Å². The molecule has 1 N–H and O–H groups in total. The smallest absolute Gasteiger partial charge is 0.319 e. The number of nitrogens with zero attached hydrogens (tertiary/aromatic N) is 2. The van der Waals surface area contributed by atoms with Gasteiger partial charge in [-0.3, -0.25) is 4.79 Å². The van der Waals surface area contributed by atoms with Crippen molar-refractivity contribution in [3.63, 3.8) is 0 Å². The van der Waals surface area contributed by atoms with Gasteiger partial charge in [0.1, 0.15) is 0 Å². The third-order valence-electron chi connectivity index (χ3n) is 2.66. The van der Waals surface area contributed by atoms with E-state index < -0.39 is 11.9 Å². The Hall–Kier alpha value is -1.30. The molecule has 0 radical (unpaired) electrons. The van der Waals surface area contributed by atoms with E-state index in [0.29, 0.717) is 19.7 Å². The highest BCUT2D eigenvalue weighted by Crippen LogP contribution is 2.13. The van der Waals surface area contributed by atoms with E-state index in [0.717, 1.165) is 6.42 Å². The fraction of sp³-hybridized carbons (Fsp3) is 0.800. The molecular formula is C10H18N2O4. The highest BCUT2D eigenvalue weighted by Gasteiger charge is 2.32. The second-order valence-electron chi connectivity index (χ2n) is 3.99. The van der Waals surface area contributed by atoms with Crippen LogP contribution in [0.1, 0.15) is 6.42 Å². The molecule has 6 nitrogen and oxygen atoms in total. The van der Waals surface area contributed by atoms with Gasteiger partial charge in [0.15, 0.2) is 0 Å². The molecule has 0 spiro atoms. The Bertz CT molecular complexity index is 270. The Labute approximate surface area is 94.8 Å². The molecule has 16 heavy (non-hydrogen) atoms. The minimum absolute atomic E-state index is 0.103. The summed E-state index contributed by atoms with van der Waals surface area (Å²) >= 11 is 0. The summed E-state index contributed by atoms with van der Waals surface area (Å²) < 4.78 is 4.90. The molecule has 0 aromatic carbocycles. The Morgan fingerprint density at radius 1 is 1.56 bits per heavy atom. The van der Waals surface area contributed by atoms with Gasteiger partial charge in [0.25, 0.3) is 0 Å². The predicted molar refractivity (Wildman–Crippen MR) is 57.2 cm³/mol. The number of rotatable bonds is 5. The minimum atomic E-state index is -0.851. The molecule has 1 aliphatic rings. The first-order valence-electron chi connectivity index (χ1n) is 5.28. The van der Waals surface area contributed by atoms with Crippen LogP contribution >= 0.6 is 0 Å². The second kappa shape index (κ2) is 5.69. The molecule has 2 amide bonds. The number of hydrogen-bond acceptors (Lipinski definition) is 3. The van der Waals surface area contributed by atoms with Gasteiger partial charge in [-0.15, -0.1) is 0 Å². The third-order valence-corrected chi connectivity index (χ3v) is 2.66. The molecule has 1 aliphatic heterocycles. The zero-order valence-corrected chi connectivity index (χ0v) is 9.68. The Balaban J connectivity index is 2.52. The van der Waals surface area contributed by atoms with Gasteiger partial charge in [-0.05, 0) is 6.42 Å². The highest BCUT2D eigenvalue weighted by atomic mass is 16.5. The lowest BCUT2D eigenvalue weighted by atomic mass is 10.1. The van der Waals surface area contributed by atoms with E-state index in [9.17, 15) is 9.59 Å². The largest absolute Gasteiger partial charge is 0.481 e. The van der Waals surface area contributed by atoms with Crippen molar-refractivity contribution in [1.82, 2.24) is 9.80 Å². The molecule has 6 heteroatoms. The summed E-state index contributed by atoms with van der Waals surface area (Å²) in [6.07, 6.45) is 0.725. The van der Waals surface area contributed by atoms with Crippen molar-refractivity contribution in [2.24, 2.45) is 5.92 Å². The maximum atomic E-state index is 11.7. The van der Waals surface area contributed by atoms with Crippen molar-refractivity contribution < 1.29 is 19.4 Å². The molecule has 1 unspecified atom stereocenters. The summed E-state index contributed by atoms with van der Waals surface area (Å²) in [5, 5.41) is 8.94. The van der Waals surface area contributed by atoms with Crippen LogP contribution in [0, 0.1) is 5.92 Å². The number of methoxy groups -OCH3 is 1. The molecule has 0 saturated carbocycles. The van der Waals surface area contributed by atoms with Crippen molar-refractivity contribution in [3.05, 3.63) is 0 Å². The second-order valence-corrected chi connectivity index (χ2v) is 3.99. The van der Waals surface area contributed by atoms with E-state index in [1.165, 1.54) is 4.90 Å². The first-order chi connectivity index (χ1) is 7.56. The first-order valence-corrected chi connectivity index (χ1v) is 5.28. The summed E-state index contributed by atoms with van der Waals surface area (Å²) in [6.45, 7) is 1.70. The van der Waals surface area contributed by atoms with Crippen LogP contribution in [0.4, 0.5) is 4.79 Å². The average Bonchev–Trinajstić information content (AvgIpc) is 2.24. The summed E-state index contributed by atoms with van der Waals surface area (Å²) in [6, 6.07) is -0.103. The molecular weight excluding hydrogens is 212 g/mol. The number of amides is 2. The van der Waals surface area contributed by atoms with Gasteiger partial charge in [0.05, 0.1) is 5.92 Å². The van der Waals surface area contributed by atoms with Crippen LogP contribution in [0.2, 0.25) is 0 Å². The highest BCUT2D eigenvalue weighted by molar-refractivity contribution is 5.79. The summed E-state index contributed by atoms with van der Waals surface area (Å²) in [4.78, 5) is 25.6. The fourth-order valence-electron chi connectivity index (χ4n) is 1.79. The zero-order valence-electron chi connectivity index (χ0n) is 9.68. The fourth-order valence-corrected chi connectivity index (χ4v) is 1.79. The SMILES string of the molecule is COCCCN1CC(C(=O)O)CN(C)C1=O. The number of carboxylic acids is 1. The topological polar surface area (TPSA) is 70.1 Å². The van der Waals surface area contributed by atoms with Gasteiger partial charge in [-0.2, -0.15) is 0 Å². The average molecular weight is 230 g/mol.